The van der Waals surface area contributed by atoms with Gasteiger partial charge in [-0.1, -0.05) is 143 Å². The Bertz CT molecular complexity index is 2560. The first-order valence-corrected chi connectivity index (χ1v) is 20.6. The zero-order valence-corrected chi connectivity index (χ0v) is 34.2. The quantitative estimate of drug-likeness (QED) is 0.0748. The van der Waals surface area contributed by atoms with E-state index in [0.29, 0.717) is 17.9 Å². The lowest BCUT2D eigenvalue weighted by Gasteiger charge is -2.50. The monoisotopic (exact) mass is 796 g/mol. The molecular formula is C53H48O7. The molecule has 6 aromatic carbocycles. The molecule has 60 heavy (non-hydrogen) atoms. The smallest absolute Gasteiger partial charge is 0.330 e. The Morgan fingerprint density at radius 2 is 1.17 bits per heavy atom. The summed E-state index contributed by atoms with van der Waals surface area (Å²) in [5.74, 6) is -0.325. The van der Waals surface area contributed by atoms with Crippen LogP contribution in [0, 0.1) is 5.92 Å². The van der Waals surface area contributed by atoms with Gasteiger partial charge in [0.05, 0.1) is 11.3 Å². The minimum atomic E-state index is -1.48. The number of ether oxygens (including phenoxy) is 4. The molecule has 0 heterocycles. The van der Waals surface area contributed by atoms with Gasteiger partial charge in [-0.3, -0.25) is 4.79 Å². The average Bonchev–Trinajstić information content (AvgIpc) is 3.57. The molecule has 0 amide bonds. The molecule has 0 saturated heterocycles. The Labute approximate surface area is 351 Å². The van der Waals surface area contributed by atoms with Gasteiger partial charge >= 0.3 is 11.9 Å². The molecule has 4 aliphatic rings. The Balaban J connectivity index is 0.924. The van der Waals surface area contributed by atoms with Gasteiger partial charge < -0.3 is 24.1 Å². The summed E-state index contributed by atoms with van der Waals surface area (Å²) in [6.45, 7) is 10.6. The van der Waals surface area contributed by atoms with Crippen molar-refractivity contribution in [2.24, 2.45) is 5.92 Å². The van der Waals surface area contributed by atoms with Gasteiger partial charge in [0.1, 0.15) is 43.5 Å². The van der Waals surface area contributed by atoms with Crippen molar-refractivity contribution in [2.75, 3.05) is 26.4 Å². The third kappa shape index (κ3) is 6.40. The predicted octanol–water partition coefficient (Wildman–Crippen LogP) is 9.78. The van der Waals surface area contributed by atoms with Crippen LogP contribution in [0.3, 0.4) is 0 Å². The first-order chi connectivity index (χ1) is 29.0. The summed E-state index contributed by atoms with van der Waals surface area (Å²) in [7, 11) is 0. The second-order valence-corrected chi connectivity index (χ2v) is 16.9. The van der Waals surface area contributed by atoms with Crippen LogP contribution in [0.15, 0.2) is 152 Å². The molecule has 3 unspecified atom stereocenters. The van der Waals surface area contributed by atoms with Gasteiger partial charge in [0.2, 0.25) is 0 Å². The molecule has 302 valence electrons. The van der Waals surface area contributed by atoms with Gasteiger partial charge in [0.15, 0.2) is 0 Å². The first kappa shape index (κ1) is 39.0. The summed E-state index contributed by atoms with van der Waals surface area (Å²) < 4.78 is 23.0. The van der Waals surface area contributed by atoms with E-state index >= 15 is 0 Å². The zero-order valence-electron chi connectivity index (χ0n) is 34.2. The van der Waals surface area contributed by atoms with Gasteiger partial charge in [-0.15, -0.1) is 0 Å². The molecule has 0 aromatic heterocycles. The third-order valence-electron chi connectivity index (χ3n) is 12.6. The number of benzene rings is 6. The maximum atomic E-state index is 13.9. The highest BCUT2D eigenvalue weighted by Crippen LogP contribution is 2.59. The van der Waals surface area contributed by atoms with E-state index in [0.717, 1.165) is 39.5 Å². The van der Waals surface area contributed by atoms with Crippen molar-refractivity contribution in [3.8, 4) is 22.6 Å². The SMILES string of the molecule is C=CC(=O)OCCOc1ccc(C2(c3ccc(OCCOC(=O)C4CC5c6ccccc6C4(O)c4ccc(C(C)(C)C)cc45)cc3)c3ccccc3-c3ccccc32)cc1. The molecule has 4 aliphatic carbocycles. The van der Waals surface area contributed by atoms with Crippen LogP contribution in [0.2, 0.25) is 0 Å². The molecule has 0 saturated carbocycles. The number of carbonyl (C=O) groups is 2. The van der Waals surface area contributed by atoms with Crippen LogP contribution in [-0.4, -0.2) is 43.5 Å². The van der Waals surface area contributed by atoms with Gasteiger partial charge in [0, 0.05) is 12.0 Å². The second kappa shape index (κ2) is 15.3. The van der Waals surface area contributed by atoms with Gasteiger partial charge in [-0.2, -0.15) is 0 Å². The van der Waals surface area contributed by atoms with Crippen molar-refractivity contribution in [2.45, 2.75) is 49.5 Å². The largest absolute Gasteiger partial charge is 0.490 e. The number of aliphatic hydroxyl groups is 1. The number of rotatable bonds is 12. The molecule has 0 radical (unpaired) electrons. The van der Waals surface area contributed by atoms with Crippen LogP contribution in [0.25, 0.3) is 11.1 Å². The Kier molecular flexibility index (Phi) is 9.96. The Morgan fingerprint density at radius 3 is 1.73 bits per heavy atom. The van der Waals surface area contributed by atoms with E-state index < -0.39 is 28.9 Å². The first-order valence-electron chi connectivity index (χ1n) is 20.6. The lowest BCUT2D eigenvalue weighted by Crippen LogP contribution is -2.51. The molecule has 0 spiro atoms. The standard InChI is InChI=1S/C53H48O7/c1-5-49(54)59-30-28-57-37-23-18-34(19-24-37)52(44-15-9-6-12-39(44)40-13-7-10-16-45(40)52)35-20-25-38(26-21-35)58-29-31-60-50(55)48-33-42-41-14-8-11-17-46(41)53(48,56)47-27-22-36(32-43(42)47)51(2,3)4/h5-27,32,42,48,56H,1,28-31,33H2,2-4H3. The highest BCUT2D eigenvalue weighted by atomic mass is 16.6. The maximum Gasteiger partial charge on any atom is 0.330 e. The Hall–Kier alpha value is -6.44. The minimum absolute atomic E-state index is 0.00575. The lowest BCUT2D eigenvalue weighted by atomic mass is 9.56. The number of carbonyl (C=O) groups excluding carboxylic acids is 2. The van der Waals surface area contributed by atoms with Crippen molar-refractivity contribution in [1.82, 2.24) is 0 Å². The highest BCUT2D eigenvalue weighted by molar-refractivity contribution is 5.86. The number of hydrogen-bond donors (Lipinski definition) is 1. The summed E-state index contributed by atoms with van der Waals surface area (Å²) >= 11 is 0. The highest BCUT2D eigenvalue weighted by Gasteiger charge is 2.57. The van der Waals surface area contributed by atoms with E-state index in [-0.39, 0.29) is 37.8 Å². The van der Waals surface area contributed by atoms with Crippen LogP contribution in [-0.2, 0) is 35.5 Å². The van der Waals surface area contributed by atoms with E-state index in [1.807, 2.05) is 48.5 Å². The molecular weight excluding hydrogens is 749 g/mol. The van der Waals surface area contributed by atoms with Gasteiger partial charge in [0.25, 0.3) is 0 Å². The van der Waals surface area contributed by atoms with Crippen LogP contribution in [0.5, 0.6) is 11.5 Å². The summed E-state index contributed by atoms with van der Waals surface area (Å²) in [6, 6.07) is 47.5. The van der Waals surface area contributed by atoms with E-state index in [9.17, 15) is 14.7 Å². The van der Waals surface area contributed by atoms with E-state index in [4.69, 9.17) is 18.9 Å². The number of hydrogen-bond acceptors (Lipinski definition) is 7. The lowest BCUT2D eigenvalue weighted by molar-refractivity contribution is -0.160. The molecule has 3 atom stereocenters. The van der Waals surface area contributed by atoms with E-state index in [1.54, 1.807) is 0 Å². The molecule has 0 fully saturated rings. The van der Waals surface area contributed by atoms with Crippen molar-refractivity contribution < 1.29 is 33.6 Å². The molecule has 7 heteroatoms. The van der Waals surface area contributed by atoms with E-state index in [1.165, 1.54) is 27.8 Å². The van der Waals surface area contributed by atoms with Crippen molar-refractivity contribution in [3.05, 3.63) is 202 Å². The molecule has 10 rings (SSSR count). The topological polar surface area (TPSA) is 91.3 Å². The van der Waals surface area contributed by atoms with Crippen molar-refractivity contribution >= 4 is 11.9 Å². The predicted molar refractivity (Wildman–Crippen MR) is 231 cm³/mol. The molecule has 2 bridgehead atoms. The second-order valence-electron chi connectivity index (χ2n) is 16.9. The van der Waals surface area contributed by atoms with Gasteiger partial charge in [-0.25, -0.2) is 4.79 Å². The summed E-state index contributed by atoms with van der Waals surface area (Å²) in [6.07, 6.45) is 1.61. The fraction of sp³-hybridized carbons (Fsp3) is 0.245. The molecule has 1 N–H and O–H groups in total. The van der Waals surface area contributed by atoms with Crippen LogP contribution in [0.4, 0.5) is 0 Å². The third-order valence-corrected chi connectivity index (χ3v) is 12.6. The zero-order chi connectivity index (χ0) is 41.6. The van der Waals surface area contributed by atoms with Crippen LogP contribution < -0.4 is 9.47 Å². The average molecular weight is 797 g/mol. The van der Waals surface area contributed by atoms with Crippen molar-refractivity contribution in [1.29, 1.82) is 0 Å². The molecule has 0 aliphatic heterocycles. The van der Waals surface area contributed by atoms with E-state index in [2.05, 4.69) is 118 Å². The van der Waals surface area contributed by atoms with Crippen molar-refractivity contribution in [3.63, 3.8) is 0 Å². The summed E-state index contributed by atoms with van der Waals surface area (Å²) in [4.78, 5) is 25.3. The molecule has 7 nitrogen and oxygen atoms in total. The number of fused-ring (bicyclic) bond motifs is 4. The van der Waals surface area contributed by atoms with Gasteiger partial charge in [-0.05, 0) is 97.3 Å². The minimum Gasteiger partial charge on any atom is -0.490 e. The van der Waals surface area contributed by atoms with Crippen LogP contribution >= 0.6 is 0 Å². The maximum absolute atomic E-state index is 13.9. The summed E-state index contributed by atoms with van der Waals surface area (Å²) in [5.41, 5.74) is 9.66. The normalized spacial score (nSPS) is 18.9. The fourth-order valence-electron chi connectivity index (χ4n) is 9.82. The Morgan fingerprint density at radius 1 is 0.650 bits per heavy atom. The van der Waals surface area contributed by atoms with Crippen LogP contribution in [0.1, 0.15) is 83.2 Å². The molecule has 6 aromatic rings. The fourth-order valence-corrected chi connectivity index (χ4v) is 9.82. The summed E-state index contributed by atoms with van der Waals surface area (Å²) in [5, 5.41) is 12.5. The number of esters is 2.